The molecule has 4 rings (SSSR count). The lowest BCUT2D eigenvalue weighted by Gasteiger charge is -2.39. The van der Waals surface area contributed by atoms with E-state index in [1.807, 2.05) is 6.92 Å². The highest BCUT2D eigenvalue weighted by Crippen LogP contribution is 2.27. The number of anilines is 2. The van der Waals surface area contributed by atoms with Crippen molar-refractivity contribution in [2.24, 2.45) is 0 Å². The van der Waals surface area contributed by atoms with Crippen LogP contribution >= 0.6 is 11.3 Å². The number of hydrogen-bond donors (Lipinski definition) is 1. The third-order valence-electron chi connectivity index (χ3n) is 5.74. The van der Waals surface area contributed by atoms with Gasteiger partial charge in [0.2, 0.25) is 5.91 Å². The van der Waals surface area contributed by atoms with Crippen molar-refractivity contribution in [1.82, 2.24) is 9.88 Å². The van der Waals surface area contributed by atoms with Crippen molar-refractivity contribution in [3.05, 3.63) is 53.3 Å². The average molecular weight is 413 g/mol. The molecule has 1 aliphatic heterocycles. The number of amides is 1. The molecule has 2 aromatic carbocycles. The molecule has 1 unspecified atom stereocenters. The van der Waals surface area contributed by atoms with Crippen molar-refractivity contribution in [3.63, 3.8) is 0 Å². The third kappa shape index (κ3) is 4.11. The molecule has 29 heavy (non-hydrogen) atoms. The average Bonchev–Trinajstić information content (AvgIpc) is 3.11. The summed E-state index contributed by atoms with van der Waals surface area (Å²) in [7, 11) is 0. The van der Waals surface area contributed by atoms with Crippen molar-refractivity contribution < 1.29 is 9.18 Å². The molecule has 0 aliphatic carbocycles. The highest BCUT2D eigenvalue weighted by Gasteiger charge is 2.26. The van der Waals surface area contributed by atoms with Crippen LogP contribution in [0.15, 0.2) is 36.4 Å². The van der Waals surface area contributed by atoms with E-state index in [0.717, 1.165) is 30.9 Å². The van der Waals surface area contributed by atoms with E-state index in [1.54, 1.807) is 6.07 Å². The molecule has 1 aromatic heterocycles. The Morgan fingerprint density at radius 1 is 1.17 bits per heavy atom. The first-order chi connectivity index (χ1) is 13.9. The second-order valence-corrected chi connectivity index (χ2v) is 8.57. The van der Waals surface area contributed by atoms with Crippen molar-refractivity contribution >= 4 is 38.3 Å². The molecule has 1 aliphatic rings. The molecule has 0 spiro atoms. The van der Waals surface area contributed by atoms with Crippen molar-refractivity contribution in [2.75, 3.05) is 36.4 Å². The van der Waals surface area contributed by atoms with Gasteiger partial charge in [-0.25, -0.2) is 9.37 Å². The maximum absolute atomic E-state index is 13.4. The molecule has 1 fully saturated rings. The first kappa shape index (κ1) is 19.8. The van der Waals surface area contributed by atoms with Crippen LogP contribution in [0.4, 0.5) is 15.2 Å². The van der Waals surface area contributed by atoms with Gasteiger partial charge in [0.25, 0.3) is 0 Å². The number of nitrogens with zero attached hydrogens (tertiary/aromatic N) is 3. The summed E-state index contributed by atoms with van der Waals surface area (Å²) in [6, 6.07) is 10.6. The number of rotatable bonds is 4. The van der Waals surface area contributed by atoms with Gasteiger partial charge < -0.3 is 10.2 Å². The van der Waals surface area contributed by atoms with Crippen LogP contribution in [0.3, 0.4) is 0 Å². The fraction of sp³-hybridized carbons (Fsp3) is 0.364. The Hall–Kier alpha value is -2.51. The SMILES string of the molecule is Cc1cccc(N2CCN(C(C)C(=O)Nc3nc4ccc(F)cc4s3)CC2)c1C. The van der Waals surface area contributed by atoms with E-state index in [2.05, 4.69) is 52.1 Å². The molecular weight excluding hydrogens is 387 g/mol. The Morgan fingerprint density at radius 2 is 1.93 bits per heavy atom. The molecule has 5 nitrogen and oxygen atoms in total. The number of fused-ring (bicyclic) bond motifs is 1. The minimum atomic E-state index is -0.297. The monoisotopic (exact) mass is 412 g/mol. The van der Waals surface area contributed by atoms with Crippen LogP contribution in [0.5, 0.6) is 0 Å². The second-order valence-electron chi connectivity index (χ2n) is 7.54. The smallest absolute Gasteiger partial charge is 0.243 e. The summed E-state index contributed by atoms with van der Waals surface area (Å²) in [5, 5.41) is 3.41. The van der Waals surface area contributed by atoms with Gasteiger partial charge in [0.15, 0.2) is 5.13 Å². The summed E-state index contributed by atoms with van der Waals surface area (Å²) < 4.78 is 14.1. The Balaban J connectivity index is 1.37. The fourth-order valence-electron chi connectivity index (χ4n) is 3.76. The summed E-state index contributed by atoms with van der Waals surface area (Å²) in [5.74, 6) is -0.376. The quantitative estimate of drug-likeness (QED) is 0.698. The van der Waals surface area contributed by atoms with Gasteiger partial charge in [-0.1, -0.05) is 23.5 Å². The topological polar surface area (TPSA) is 48.5 Å². The Labute approximate surface area is 174 Å². The number of carbonyl (C=O) groups is 1. The molecule has 1 atom stereocenters. The molecule has 2 heterocycles. The van der Waals surface area contributed by atoms with Crippen LogP contribution in [0.2, 0.25) is 0 Å². The number of aryl methyl sites for hydroxylation is 1. The van der Waals surface area contributed by atoms with Crippen molar-refractivity contribution in [2.45, 2.75) is 26.8 Å². The summed E-state index contributed by atoms with van der Waals surface area (Å²) in [6.45, 7) is 9.66. The highest BCUT2D eigenvalue weighted by molar-refractivity contribution is 7.22. The molecule has 1 saturated heterocycles. The zero-order chi connectivity index (χ0) is 20.5. The van der Waals surface area contributed by atoms with Crippen molar-refractivity contribution in [3.8, 4) is 0 Å². The predicted molar refractivity (Wildman–Crippen MR) is 117 cm³/mol. The van der Waals surface area contributed by atoms with Crippen LogP contribution < -0.4 is 10.2 Å². The number of hydrogen-bond acceptors (Lipinski definition) is 5. The zero-order valence-corrected chi connectivity index (χ0v) is 17.7. The number of halogens is 1. The van der Waals surface area contributed by atoms with Gasteiger partial charge in [0, 0.05) is 31.9 Å². The molecule has 0 bridgehead atoms. The summed E-state index contributed by atoms with van der Waals surface area (Å²) in [4.78, 5) is 21.7. The largest absolute Gasteiger partial charge is 0.369 e. The Morgan fingerprint density at radius 3 is 2.69 bits per heavy atom. The minimum absolute atomic E-state index is 0.0790. The summed E-state index contributed by atoms with van der Waals surface area (Å²) in [5.41, 5.74) is 4.59. The molecule has 7 heteroatoms. The molecule has 1 N–H and O–H groups in total. The van der Waals surface area contributed by atoms with Gasteiger partial charge >= 0.3 is 0 Å². The molecule has 0 saturated carbocycles. The summed E-state index contributed by atoms with van der Waals surface area (Å²) >= 11 is 1.29. The standard InChI is InChI=1S/C22H25FN4OS/c1-14-5-4-6-19(15(14)2)27-11-9-26(10-12-27)16(3)21(28)25-22-24-18-8-7-17(23)13-20(18)29-22/h4-8,13,16H,9-12H2,1-3H3,(H,24,25,28). The minimum Gasteiger partial charge on any atom is -0.369 e. The van der Waals surface area contributed by atoms with E-state index in [4.69, 9.17) is 0 Å². The first-order valence-electron chi connectivity index (χ1n) is 9.84. The Bertz CT molecular complexity index is 1040. The van der Waals surface area contributed by atoms with E-state index < -0.39 is 0 Å². The molecule has 3 aromatic rings. The highest BCUT2D eigenvalue weighted by atomic mass is 32.1. The lowest BCUT2D eigenvalue weighted by Crippen LogP contribution is -2.53. The van der Waals surface area contributed by atoms with Crippen LogP contribution in [0.1, 0.15) is 18.1 Å². The molecule has 1 amide bonds. The van der Waals surface area contributed by atoms with Gasteiger partial charge in [0.1, 0.15) is 5.82 Å². The molecular formula is C22H25FN4OS. The van der Waals surface area contributed by atoms with Crippen LogP contribution in [-0.4, -0.2) is 48.0 Å². The summed E-state index contributed by atoms with van der Waals surface area (Å²) in [6.07, 6.45) is 0. The van der Waals surface area contributed by atoms with E-state index in [-0.39, 0.29) is 17.8 Å². The van der Waals surface area contributed by atoms with E-state index in [1.165, 1.54) is 40.3 Å². The fourth-order valence-corrected chi connectivity index (χ4v) is 4.65. The number of benzene rings is 2. The van der Waals surface area contributed by atoms with E-state index in [9.17, 15) is 9.18 Å². The molecule has 152 valence electrons. The van der Waals surface area contributed by atoms with E-state index in [0.29, 0.717) is 10.6 Å². The number of nitrogens with one attached hydrogen (secondary N) is 1. The van der Waals surface area contributed by atoms with Gasteiger partial charge in [-0.3, -0.25) is 9.69 Å². The third-order valence-corrected chi connectivity index (χ3v) is 6.67. The lowest BCUT2D eigenvalue weighted by molar-refractivity contribution is -0.120. The normalized spacial score (nSPS) is 16.2. The predicted octanol–water partition coefficient (Wildman–Crippen LogP) is 4.20. The van der Waals surface area contributed by atoms with Crippen LogP contribution in [0, 0.1) is 19.7 Å². The maximum Gasteiger partial charge on any atom is 0.243 e. The van der Waals surface area contributed by atoms with Crippen molar-refractivity contribution in [1.29, 1.82) is 0 Å². The van der Waals surface area contributed by atoms with Crippen LogP contribution in [0.25, 0.3) is 10.2 Å². The Kier molecular flexibility index (Phi) is 5.52. The lowest BCUT2D eigenvalue weighted by atomic mass is 10.1. The van der Waals surface area contributed by atoms with Gasteiger partial charge in [-0.15, -0.1) is 0 Å². The number of carbonyl (C=O) groups excluding carboxylic acids is 1. The number of aromatic nitrogens is 1. The van der Waals surface area contributed by atoms with Gasteiger partial charge in [0.05, 0.1) is 16.3 Å². The zero-order valence-electron chi connectivity index (χ0n) is 16.9. The van der Waals surface area contributed by atoms with Gasteiger partial charge in [-0.2, -0.15) is 0 Å². The van der Waals surface area contributed by atoms with E-state index >= 15 is 0 Å². The van der Waals surface area contributed by atoms with Crippen LogP contribution in [-0.2, 0) is 4.79 Å². The number of thiazole rings is 1. The molecule has 0 radical (unpaired) electrons. The van der Waals surface area contributed by atoms with Gasteiger partial charge in [-0.05, 0) is 56.2 Å². The first-order valence-corrected chi connectivity index (χ1v) is 10.7. The second kappa shape index (κ2) is 8.08. The number of piperazine rings is 1. The maximum atomic E-state index is 13.4.